The molecule has 3 N–H and O–H groups in total. The number of carbonyl (C=O) groups is 2. The monoisotopic (exact) mass is 601 g/mol. The van der Waals surface area contributed by atoms with Gasteiger partial charge in [-0.25, -0.2) is 18.2 Å². The number of ether oxygens (including phenoxy) is 1. The van der Waals surface area contributed by atoms with E-state index in [4.69, 9.17) is 4.74 Å². The van der Waals surface area contributed by atoms with Gasteiger partial charge in [-0.3, -0.25) is 14.9 Å². The Morgan fingerprint density at radius 2 is 1.72 bits per heavy atom. The summed E-state index contributed by atoms with van der Waals surface area (Å²) < 4.78 is 32.1. The van der Waals surface area contributed by atoms with Crippen LogP contribution < -0.4 is 16.2 Å². The second-order valence-electron chi connectivity index (χ2n) is 11.1. The molecule has 1 fully saturated rings. The number of fused-ring (bicyclic) bond motifs is 10. The first kappa shape index (κ1) is 28.4. The summed E-state index contributed by atoms with van der Waals surface area (Å²) in [5.74, 6) is -0.445. The maximum atomic E-state index is 14.1. The molecule has 222 valence electrons. The van der Waals surface area contributed by atoms with Crippen molar-refractivity contribution >= 4 is 44.1 Å². The van der Waals surface area contributed by atoms with E-state index >= 15 is 0 Å². The molecule has 2 aliphatic heterocycles. The fraction of sp³-hybridized carbons (Fsp3) is 0.290. The van der Waals surface area contributed by atoms with E-state index in [1.54, 1.807) is 31.3 Å². The molecule has 1 aromatic heterocycles. The Labute approximate surface area is 248 Å². The summed E-state index contributed by atoms with van der Waals surface area (Å²) in [6, 6.07) is 16.3. The number of anilines is 2. The highest BCUT2D eigenvalue weighted by Crippen LogP contribution is 2.36. The number of aromatic nitrogens is 2. The minimum absolute atomic E-state index is 0.0285. The highest BCUT2D eigenvalue weighted by atomic mass is 32.2. The predicted molar refractivity (Wildman–Crippen MR) is 162 cm³/mol. The van der Waals surface area contributed by atoms with Crippen LogP contribution in [0, 0.1) is 0 Å². The Morgan fingerprint density at radius 3 is 2.47 bits per heavy atom. The number of rotatable bonds is 4. The Balaban J connectivity index is 1.41. The summed E-state index contributed by atoms with van der Waals surface area (Å²) in [6.45, 7) is 2.02. The molecule has 4 bridgehead atoms. The van der Waals surface area contributed by atoms with Crippen LogP contribution >= 0.6 is 0 Å². The van der Waals surface area contributed by atoms with Crippen molar-refractivity contribution in [1.29, 1.82) is 0 Å². The van der Waals surface area contributed by atoms with Crippen LogP contribution in [0.25, 0.3) is 10.9 Å². The lowest BCUT2D eigenvalue weighted by Crippen LogP contribution is -2.35. The van der Waals surface area contributed by atoms with Gasteiger partial charge >= 0.3 is 6.09 Å². The molecule has 0 spiro atoms. The topological polar surface area (TPSA) is 151 Å². The van der Waals surface area contributed by atoms with E-state index in [-0.39, 0.29) is 35.4 Å². The molecule has 3 heterocycles. The molecule has 3 aromatic carbocycles. The average Bonchev–Trinajstić information content (AvgIpc) is 3.85. The van der Waals surface area contributed by atoms with E-state index in [9.17, 15) is 22.8 Å². The number of hydrogen-bond donors (Lipinski definition) is 3. The molecule has 0 saturated heterocycles. The number of hydrogen-bond acceptors (Lipinski definition) is 8. The second kappa shape index (κ2) is 11.2. The van der Waals surface area contributed by atoms with Gasteiger partial charge in [0.2, 0.25) is 5.91 Å². The van der Waals surface area contributed by atoms with Gasteiger partial charge in [0, 0.05) is 30.9 Å². The van der Waals surface area contributed by atoms with Crippen LogP contribution in [-0.4, -0.2) is 54.2 Å². The third-order valence-electron chi connectivity index (χ3n) is 7.86. The van der Waals surface area contributed by atoms with Crippen molar-refractivity contribution in [2.24, 2.45) is 0 Å². The van der Waals surface area contributed by atoms with Crippen molar-refractivity contribution in [2.75, 3.05) is 24.3 Å². The van der Waals surface area contributed by atoms with Crippen molar-refractivity contribution in [3.8, 4) is 0 Å². The molecule has 1 unspecified atom stereocenters. The summed E-state index contributed by atoms with van der Waals surface area (Å²) in [6.07, 6.45) is 1.86. The minimum Gasteiger partial charge on any atom is -0.449 e. The van der Waals surface area contributed by atoms with Gasteiger partial charge in [0.15, 0.2) is 9.84 Å². The Kier molecular flexibility index (Phi) is 7.38. The van der Waals surface area contributed by atoms with Crippen LogP contribution in [0.2, 0.25) is 0 Å². The Morgan fingerprint density at radius 1 is 0.977 bits per heavy atom. The van der Waals surface area contributed by atoms with E-state index in [0.717, 1.165) is 5.56 Å². The third kappa shape index (κ3) is 5.82. The van der Waals surface area contributed by atoms with Crippen LogP contribution in [-0.2, 0) is 25.9 Å². The average molecular weight is 602 g/mol. The number of nitrogens with zero attached hydrogens (tertiary/aromatic N) is 2. The zero-order valence-corrected chi connectivity index (χ0v) is 24.5. The molecule has 43 heavy (non-hydrogen) atoms. The SMILES string of the molecule is C[C@H]1COC(=O)Nc2ccc(S(=O)(=O)C3CC3)c(c2)CN(C)C(=O)C(Nc2ccc3nc[nH]c(=O)c3c2)c2ccc1cc2. The molecule has 1 saturated carbocycles. The van der Waals surface area contributed by atoms with Crippen molar-refractivity contribution in [3.05, 3.63) is 94.0 Å². The highest BCUT2D eigenvalue weighted by molar-refractivity contribution is 7.92. The molecule has 4 aromatic rings. The normalized spacial score (nSPS) is 19.6. The summed E-state index contributed by atoms with van der Waals surface area (Å²) in [5, 5.41) is 5.89. The number of likely N-dealkylation sites (N-methyl/N-ethyl adjacent to an activating group) is 1. The smallest absolute Gasteiger partial charge is 0.411 e. The molecule has 0 radical (unpaired) electrons. The van der Waals surface area contributed by atoms with Crippen LogP contribution in [0.3, 0.4) is 0 Å². The predicted octanol–water partition coefficient (Wildman–Crippen LogP) is 4.34. The van der Waals surface area contributed by atoms with Crippen molar-refractivity contribution < 1.29 is 22.7 Å². The first-order valence-electron chi connectivity index (χ1n) is 14.0. The van der Waals surface area contributed by atoms with Gasteiger partial charge in [-0.05, 0) is 65.9 Å². The van der Waals surface area contributed by atoms with Gasteiger partial charge in [0.25, 0.3) is 5.56 Å². The molecule has 7 rings (SSSR count). The Bertz CT molecular complexity index is 1890. The number of aromatic amines is 1. The van der Waals surface area contributed by atoms with Crippen molar-refractivity contribution in [1.82, 2.24) is 14.9 Å². The fourth-order valence-corrected chi connectivity index (χ4v) is 7.11. The van der Waals surface area contributed by atoms with E-state index in [1.807, 2.05) is 31.2 Å². The number of sulfone groups is 1. The summed E-state index contributed by atoms with van der Waals surface area (Å²) in [7, 11) is -2.00. The number of benzene rings is 3. The lowest BCUT2D eigenvalue weighted by molar-refractivity contribution is -0.131. The van der Waals surface area contributed by atoms with Gasteiger partial charge in [0.05, 0.1) is 34.0 Å². The van der Waals surface area contributed by atoms with Crippen LogP contribution in [0.4, 0.5) is 16.2 Å². The first-order chi connectivity index (χ1) is 20.6. The molecule has 11 nitrogen and oxygen atoms in total. The summed E-state index contributed by atoms with van der Waals surface area (Å²) in [5.41, 5.74) is 3.10. The fourth-order valence-electron chi connectivity index (χ4n) is 5.25. The summed E-state index contributed by atoms with van der Waals surface area (Å²) >= 11 is 0. The molecule has 3 aliphatic rings. The molecule has 12 heteroatoms. The molecular formula is C31H31N5O6S. The lowest BCUT2D eigenvalue weighted by Gasteiger charge is -2.27. The largest absolute Gasteiger partial charge is 0.449 e. The summed E-state index contributed by atoms with van der Waals surface area (Å²) in [4.78, 5) is 47.5. The first-order valence-corrected chi connectivity index (χ1v) is 15.5. The van der Waals surface area contributed by atoms with Crippen LogP contribution in [0.1, 0.15) is 48.4 Å². The van der Waals surface area contributed by atoms with E-state index in [0.29, 0.717) is 46.2 Å². The van der Waals surface area contributed by atoms with Gasteiger partial charge in [0.1, 0.15) is 6.04 Å². The van der Waals surface area contributed by atoms with E-state index in [2.05, 4.69) is 20.6 Å². The van der Waals surface area contributed by atoms with E-state index in [1.165, 1.54) is 23.4 Å². The molecule has 2 atom stereocenters. The molecular weight excluding hydrogens is 570 g/mol. The second-order valence-corrected chi connectivity index (χ2v) is 13.3. The minimum atomic E-state index is -3.60. The highest BCUT2D eigenvalue weighted by Gasteiger charge is 2.38. The van der Waals surface area contributed by atoms with Gasteiger partial charge in [-0.1, -0.05) is 31.2 Å². The van der Waals surface area contributed by atoms with Crippen LogP contribution in [0.15, 0.2) is 76.7 Å². The zero-order valence-electron chi connectivity index (χ0n) is 23.7. The maximum absolute atomic E-state index is 14.1. The third-order valence-corrected chi connectivity index (χ3v) is 10.2. The van der Waals surface area contributed by atoms with Crippen molar-refractivity contribution in [2.45, 2.75) is 48.4 Å². The maximum Gasteiger partial charge on any atom is 0.411 e. The number of carbonyl (C=O) groups excluding carboxylic acids is 2. The van der Waals surface area contributed by atoms with Gasteiger partial charge < -0.3 is 19.9 Å². The van der Waals surface area contributed by atoms with Gasteiger partial charge in [-0.15, -0.1) is 0 Å². The quantitative estimate of drug-likeness (QED) is 0.313. The van der Waals surface area contributed by atoms with Crippen molar-refractivity contribution in [3.63, 3.8) is 0 Å². The Hall–Kier alpha value is -4.71. The number of amides is 2. The van der Waals surface area contributed by atoms with E-state index < -0.39 is 27.2 Å². The number of nitrogens with one attached hydrogen (secondary N) is 3. The zero-order chi connectivity index (χ0) is 30.3. The molecule has 2 amide bonds. The van der Waals surface area contributed by atoms with Crippen LogP contribution in [0.5, 0.6) is 0 Å². The number of H-pyrrole nitrogens is 1. The van der Waals surface area contributed by atoms with Gasteiger partial charge in [-0.2, -0.15) is 0 Å². The standard InChI is InChI=1S/C31H31N5O6S/c1-18-16-42-31(39)35-22-8-12-27(43(40,41)24-9-10-24)21(13-22)15-36(2)30(38)28(20-5-3-19(18)4-6-20)34-23-7-11-26-25(14-23)29(37)33-17-32-26/h3-8,11-14,17-18,24,28,34H,9-10,15-16H2,1-2H3,(H,35,39)(H,32,33,37)/t18-,28?/m0/s1. The molecule has 1 aliphatic carbocycles. The lowest BCUT2D eigenvalue weighted by atomic mass is 9.97.